The number of aliphatic hydroxyl groups is 1. The fraction of sp³-hybridized carbons (Fsp3) is 0.636. The van der Waals surface area contributed by atoms with Gasteiger partial charge in [0.15, 0.2) is 0 Å². The van der Waals surface area contributed by atoms with Gasteiger partial charge in [0.25, 0.3) is 0 Å². The van der Waals surface area contributed by atoms with Crippen LogP contribution in [0.15, 0.2) is 30.8 Å². The largest absolute Gasteiger partial charge is 0.551 e. The molecule has 0 aromatic heterocycles. The minimum atomic E-state index is 0. The van der Waals surface area contributed by atoms with Crippen LogP contribution in [0.5, 0.6) is 0 Å². The van der Waals surface area contributed by atoms with Crippen molar-refractivity contribution in [3.05, 3.63) is 42.5 Å². The van der Waals surface area contributed by atoms with Crippen molar-refractivity contribution in [3.63, 3.8) is 0 Å². The summed E-state index contributed by atoms with van der Waals surface area (Å²) in [6.07, 6.45) is 3.01. The maximum absolute atomic E-state index is 8.80. The first-order valence-electron chi connectivity index (χ1n) is 9.44. The molecule has 1 aromatic carbocycles. The van der Waals surface area contributed by atoms with E-state index < -0.39 is 0 Å². The van der Waals surface area contributed by atoms with Crippen molar-refractivity contribution >= 4 is 21.6 Å². The fourth-order valence-electron chi connectivity index (χ4n) is 3.03. The molecule has 1 N–H and O–H groups in total. The van der Waals surface area contributed by atoms with Crippen LogP contribution in [0, 0.1) is 6.07 Å². The van der Waals surface area contributed by atoms with Gasteiger partial charge in [0.2, 0.25) is 0 Å². The first-order valence-corrected chi connectivity index (χ1v) is 12.8. The summed E-state index contributed by atoms with van der Waals surface area (Å²) < 4.78 is 0. The van der Waals surface area contributed by atoms with Crippen LogP contribution >= 0.6 is 15.8 Å². The van der Waals surface area contributed by atoms with Crippen LogP contribution < -0.4 is 0 Å². The Morgan fingerprint density at radius 2 is 1.27 bits per heavy atom. The summed E-state index contributed by atoms with van der Waals surface area (Å²) in [4.78, 5) is 0. The van der Waals surface area contributed by atoms with E-state index in [1.54, 1.807) is 12.1 Å². The Morgan fingerprint density at radius 1 is 0.885 bits per heavy atom. The van der Waals surface area contributed by atoms with Gasteiger partial charge in [-0.15, -0.1) is 51.7 Å². The maximum Gasteiger partial charge on any atom is 0.0319 e. The molecule has 0 amide bonds. The van der Waals surface area contributed by atoms with E-state index in [9.17, 15) is 0 Å². The Balaban J connectivity index is 0. The number of benzene rings is 1. The average Bonchev–Trinajstić information content (AvgIpc) is 2.51. The van der Waals surface area contributed by atoms with Crippen molar-refractivity contribution in [1.82, 2.24) is 0 Å². The van der Waals surface area contributed by atoms with E-state index >= 15 is 0 Å². The van der Waals surface area contributed by atoms with Gasteiger partial charge >= 0.3 is 0 Å². The average molecular weight is 440 g/mol. The standard InChI is InChI=1S/C14H32P2.C8H7O.Ni/c1-11(2)15(12(3)4)9-10-16(13(5)6)14(7)8;1-7(9)8-5-3-2-4-6-8;/h11-14H,9-10H2,1-8H3;2-5,9H,1H2;/q;-1;. The number of hydrogen-bond acceptors (Lipinski definition) is 1. The van der Waals surface area contributed by atoms with Crippen LogP contribution in [0.4, 0.5) is 0 Å². The second kappa shape index (κ2) is 15.1. The Bertz CT molecular complexity index is 436. The third-order valence-electron chi connectivity index (χ3n) is 4.29. The van der Waals surface area contributed by atoms with Crippen molar-refractivity contribution in [1.29, 1.82) is 0 Å². The smallest absolute Gasteiger partial charge is 0.0319 e. The van der Waals surface area contributed by atoms with Crippen molar-refractivity contribution in [2.75, 3.05) is 12.3 Å². The molecule has 154 valence electrons. The van der Waals surface area contributed by atoms with Gasteiger partial charge in [-0.05, 0) is 35.0 Å². The van der Waals surface area contributed by atoms with Crippen LogP contribution in [0.25, 0.3) is 5.76 Å². The first kappa shape index (κ1) is 28.3. The van der Waals surface area contributed by atoms with E-state index in [0.717, 1.165) is 22.6 Å². The molecule has 1 rings (SSSR count). The van der Waals surface area contributed by atoms with E-state index in [1.807, 2.05) is 12.1 Å². The minimum Gasteiger partial charge on any atom is -0.551 e. The summed E-state index contributed by atoms with van der Waals surface area (Å²) in [6.45, 7) is 22.7. The van der Waals surface area contributed by atoms with E-state index in [0.29, 0.717) is 5.56 Å². The quantitative estimate of drug-likeness (QED) is 0.191. The summed E-state index contributed by atoms with van der Waals surface area (Å²) in [6, 6.07) is 9.97. The maximum atomic E-state index is 8.80. The third kappa shape index (κ3) is 11.7. The van der Waals surface area contributed by atoms with E-state index in [2.05, 4.69) is 68.0 Å². The zero-order chi connectivity index (χ0) is 19.6. The van der Waals surface area contributed by atoms with Crippen molar-refractivity contribution in [2.45, 2.75) is 78.0 Å². The molecule has 0 atom stereocenters. The van der Waals surface area contributed by atoms with Crippen LogP contribution in [-0.4, -0.2) is 40.1 Å². The number of hydrogen-bond donors (Lipinski definition) is 1. The Morgan fingerprint density at radius 3 is 1.46 bits per heavy atom. The van der Waals surface area contributed by atoms with Crippen LogP contribution in [0.3, 0.4) is 0 Å². The SMILES string of the molecule is C=C(O)c1[c-]cccc1.CC(C)P(CCP(C(C)C)C(C)C)C(C)C.[Ni]. The molecule has 4 heteroatoms. The summed E-state index contributed by atoms with van der Waals surface area (Å²) in [5.74, 6) is 0.0654. The molecule has 0 unspecified atom stereocenters. The van der Waals surface area contributed by atoms with Gasteiger partial charge < -0.3 is 5.11 Å². The van der Waals surface area contributed by atoms with Crippen LogP contribution in [0.1, 0.15) is 61.0 Å². The molecule has 0 saturated carbocycles. The van der Waals surface area contributed by atoms with Gasteiger partial charge in [-0.1, -0.05) is 62.0 Å². The van der Waals surface area contributed by atoms with Gasteiger partial charge in [-0.25, -0.2) is 0 Å². The van der Waals surface area contributed by atoms with Crippen molar-refractivity contribution in [2.24, 2.45) is 0 Å². The van der Waals surface area contributed by atoms with Gasteiger partial charge in [-0.3, -0.25) is 0 Å². The van der Waals surface area contributed by atoms with Crippen LogP contribution in [-0.2, 0) is 16.5 Å². The molecule has 0 heterocycles. The minimum absolute atomic E-state index is 0. The number of rotatable bonds is 8. The summed E-state index contributed by atoms with van der Waals surface area (Å²) >= 11 is 0. The predicted octanol–water partition coefficient (Wildman–Crippen LogP) is 7.60. The second-order valence-corrected chi connectivity index (χ2v) is 14.7. The van der Waals surface area contributed by atoms with Gasteiger partial charge in [0.1, 0.15) is 0 Å². The first-order chi connectivity index (χ1) is 11.6. The Kier molecular flexibility index (Phi) is 16.4. The van der Waals surface area contributed by atoms with Crippen molar-refractivity contribution in [3.8, 4) is 0 Å². The van der Waals surface area contributed by atoms with Crippen LogP contribution in [0.2, 0.25) is 0 Å². The molecule has 0 aliphatic heterocycles. The molecular formula is C22H39NiOP2-. The van der Waals surface area contributed by atoms with Gasteiger partial charge in [-0.2, -0.15) is 0 Å². The molecule has 1 aromatic rings. The van der Waals surface area contributed by atoms with E-state index in [4.69, 9.17) is 5.11 Å². The molecule has 0 bridgehead atoms. The molecule has 0 radical (unpaired) electrons. The normalized spacial score (nSPS) is 11.2. The summed E-state index contributed by atoms with van der Waals surface area (Å²) in [7, 11) is 0.511. The summed E-state index contributed by atoms with van der Waals surface area (Å²) in [5, 5.41) is 8.80. The molecule has 0 spiro atoms. The third-order valence-corrected chi connectivity index (χ3v) is 11.4. The second-order valence-electron chi connectivity index (χ2n) is 7.57. The van der Waals surface area contributed by atoms with E-state index in [-0.39, 0.29) is 38.1 Å². The monoisotopic (exact) mass is 439 g/mol. The zero-order valence-corrected chi connectivity index (χ0v) is 20.7. The van der Waals surface area contributed by atoms with Gasteiger partial charge in [0, 0.05) is 22.3 Å². The number of aliphatic hydroxyl groups excluding tert-OH is 1. The topological polar surface area (TPSA) is 20.2 Å². The molecule has 26 heavy (non-hydrogen) atoms. The predicted molar refractivity (Wildman–Crippen MR) is 121 cm³/mol. The van der Waals surface area contributed by atoms with Gasteiger partial charge in [0.05, 0.1) is 0 Å². The molecule has 0 aliphatic rings. The molecular weight excluding hydrogens is 401 g/mol. The summed E-state index contributed by atoms with van der Waals surface area (Å²) in [5.41, 5.74) is 4.28. The molecule has 0 aliphatic carbocycles. The molecule has 0 fully saturated rings. The fourth-order valence-corrected chi connectivity index (χ4v) is 9.33. The van der Waals surface area contributed by atoms with E-state index in [1.165, 1.54) is 12.3 Å². The van der Waals surface area contributed by atoms with Crippen molar-refractivity contribution < 1.29 is 21.6 Å². The molecule has 0 saturated heterocycles. The zero-order valence-electron chi connectivity index (χ0n) is 17.9. The Labute approximate surface area is 175 Å². The molecule has 1 nitrogen and oxygen atoms in total. The Hall–Kier alpha value is 0.114.